The SMILES string of the molecule is Cc1ccc(C(C)NS(=O)(=O)c2cccs2)cc1C. The number of rotatable bonds is 4. The molecule has 0 saturated carbocycles. The van der Waals surface area contributed by atoms with E-state index in [1.807, 2.05) is 39.0 Å². The normalized spacial score (nSPS) is 13.4. The molecule has 1 unspecified atom stereocenters. The van der Waals surface area contributed by atoms with E-state index in [2.05, 4.69) is 4.72 Å². The van der Waals surface area contributed by atoms with Crippen LogP contribution >= 0.6 is 11.3 Å². The average molecular weight is 295 g/mol. The molecule has 2 aromatic rings. The van der Waals surface area contributed by atoms with Gasteiger partial charge in [0.1, 0.15) is 4.21 Å². The van der Waals surface area contributed by atoms with Gasteiger partial charge in [-0.05, 0) is 48.9 Å². The standard InChI is InChI=1S/C14H17NO2S2/c1-10-6-7-13(9-11(10)2)12(3)15-19(16,17)14-5-4-8-18-14/h4-9,12,15H,1-3H3. The first-order valence-corrected chi connectivity index (χ1v) is 8.39. The molecule has 0 saturated heterocycles. The van der Waals surface area contributed by atoms with Crippen molar-refractivity contribution in [3.8, 4) is 0 Å². The summed E-state index contributed by atoms with van der Waals surface area (Å²) in [6.07, 6.45) is 0. The molecule has 102 valence electrons. The van der Waals surface area contributed by atoms with Gasteiger partial charge in [-0.3, -0.25) is 0 Å². The van der Waals surface area contributed by atoms with E-state index >= 15 is 0 Å². The molecule has 0 amide bonds. The second-order valence-corrected chi connectivity index (χ2v) is 7.51. The first-order valence-electron chi connectivity index (χ1n) is 6.03. The largest absolute Gasteiger partial charge is 0.250 e. The Bertz CT molecular complexity index is 661. The second kappa shape index (κ2) is 5.45. The quantitative estimate of drug-likeness (QED) is 0.939. The van der Waals surface area contributed by atoms with Gasteiger partial charge in [-0.15, -0.1) is 11.3 Å². The monoisotopic (exact) mass is 295 g/mol. The molecule has 1 heterocycles. The molecular weight excluding hydrogens is 278 g/mol. The average Bonchev–Trinajstić information content (AvgIpc) is 2.86. The topological polar surface area (TPSA) is 46.2 Å². The van der Waals surface area contributed by atoms with Crippen molar-refractivity contribution in [3.63, 3.8) is 0 Å². The van der Waals surface area contributed by atoms with E-state index in [9.17, 15) is 8.42 Å². The molecule has 0 spiro atoms. The van der Waals surface area contributed by atoms with Gasteiger partial charge < -0.3 is 0 Å². The molecule has 1 N–H and O–H groups in total. The molecule has 0 bridgehead atoms. The van der Waals surface area contributed by atoms with Gasteiger partial charge >= 0.3 is 0 Å². The molecule has 1 atom stereocenters. The van der Waals surface area contributed by atoms with Crippen LogP contribution in [0.1, 0.15) is 29.7 Å². The van der Waals surface area contributed by atoms with Gasteiger partial charge in [-0.25, -0.2) is 13.1 Å². The molecule has 5 heteroatoms. The number of hydrogen-bond acceptors (Lipinski definition) is 3. The fourth-order valence-electron chi connectivity index (χ4n) is 1.81. The van der Waals surface area contributed by atoms with Crippen molar-refractivity contribution in [2.75, 3.05) is 0 Å². The van der Waals surface area contributed by atoms with Gasteiger partial charge in [-0.2, -0.15) is 0 Å². The summed E-state index contributed by atoms with van der Waals surface area (Å²) in [5, 5.41) is 1.76. The van der Waals surface area contributed by atoms with Crippen molar-refractivity contribution < 1.29 is 8.42 Å². The maximum absolute atomic E-state index is 12.1. The number of aryl methyl sites for hydroxylation is 2. The van der Waals surface area contributed by atoms with Crippen LogP contribution in [0.4, 0.5) is 0 Å². The van der Waals surface area contributed by atoms with Crippen LogP contribution in [0, 0.1) is 13.8 Å². The van der Waals surface area contributed by atoms with Crippen LogP contribution in [0.25, 0.3) is 0 Å². The Morgan fingerprint density at radius 1 is 1.16 bits per heavy atom. The molecular formula is C14H17NO2S2. The number of benzene rings is 1. The number of thiophene rings is 1. The third-order valence-corrected chi connectivity index (χ3v) is 6.06. The van der Waals surface area contributed by atoms with Crippen molar-refractivity contribution >= 4 is 21.4 Å². The fraction of sp³-hybridized carbons (Fsp3) is 0.286. The van der Waals surface area contributed by atoms with Gasteiger partial charge in [-0.1, -0.05) is 24.3 Å². The summed E-state index contributed by atoms with van der Waals surface area (Å²) >= 11 is 1.22. The zero-order chi connectivity index (χ0) is 14.0. The van der Waals surface area contributed by atoms with Gasteiger partial charge in [0.25, 0.3) is 10.0 Å². The number of sulfonamides is 1. The fourth-order valence-corrected chi connectivity index (χ4v) is 4.05. The third-order valence-electron chi connectivity index (χ3n) is 3.12. The van der Waals surface area contributed by atoms with Gasteiger partial charge in [0, 0.05) is 6.04 Å². The summed E-state index contributed by atoms with van der Waals surface area (Å²) in [4.78, 5) is 0. The Morgan fingerprint density at radius 2 is 1.89 bits per heavy atom. The first kappa shape index (κ1) is 14.2. The Morgan fingerprint density at radius 3 is 2.47 bits per heavy atom. The summed E-state index contributed by atoms with van der Waals surface area (Å²) in [5.41, 5.74) is 3.35. The zero-order valence-corrected chi connectivity index (χ0v) is 12.8. The molecule has 0 aliphatic carbocycles. The summed E-state index contributed by atoms with van der Waals surface area (Å²) in [5.74, 6) is 0. The van der Waals surface area contributed by atoms with Crippen LogP contribution in [-0.4, -0.2) is 8.42 Å². The number of hydrogen-bond donors (Lipinski definition) is 1. The predicted molar refractivity (Wildman–Crippen MR) is 79.0 cm³/mol. The van der Waals surface area contributed by atoms with Crippen molar-refractivity contribution in [1.82, 2.24) is 4.72 Å². The van der Waals surface area contributed by atoms with E-state index in [1.165, 1.54) is 22.5 Å². The van der Waals surface area contributed by atoms with Crippen LogP contribution in [0.15, 0.2) is 39.9 Å². The maximum atomic E-state index is 12.1. The summed E-state index contributed by atoms with van der Waals surface area (Å²) < 4.78 is 27.3. The molecule has 2 rings (SSSR count). The highest BCUT2D eigenvalue weighted by Gasteiger charge is 2.19. The Labute approximate surface area is 118 Å². The molecule has 0 aliphatic rings. The molecule has 0 fully saturated rings. The van der Waals surface area contributed by atoms with Crippen LogP contribution < -0.4 is 4.72 Å². The molecule has 0 radical (unpaired) electrons. The van der Waals surface area contributed by atoms with E-state index in [0.717, 1.165) is 5.56 Å². The Kier molecular flexibility index (Phi) is 4.08. The highest BCUT2D eigenvalue weighted by Crippen LogP contribution is 2.21. The zero-order valence-electron chi connectivity index (χ0n) is 11.2. The van der Waals surface area contributed by atoms with Gasteiger partial charge in [0.15, 0.2) is 0 Å². The minimum Gasteiger partial charge on any atom is -0.206 e. The van der Waals surface area contributed by atoms with Gasteiger partial charge in [0.2, 0.25) is 0 Å². The van der Waals surface area contributed by atoms with Crippen LogP contribution in [0.2, 0.25) is 0 Å². The summed E-state index contributed by atoms with van der Waals surface area (Å²) in [6, 6.07) is 9.10. The third kappa shape index (κ3) is 3.23. The lowest BCUT2D eigenvalue weighted by molar-refractivity contribution is 0.569. The van der Waals surface area contributed by atoms with E-state index in [1.54, 1.807) is 17.5 Å². The first-order chi connectivity index (χ1) is 8.90. The maximum Gasteiger partial charge on any atom is 0.250 e. The number of nitrogens with one attached hydrogen (secondary N) is 1. The second-order valence-electron chi connectivity index (χ2n) is 4.62. The molecule has 0 aliphatic heterocycles. The highest BCUT2D eigenvalue weighted by atomic mass is 32.2. The van der Waals surface area contributed by atoms with E-state index in [0.29, 0.717) is 4.21 Å². The lowest BCUT2D eigenvalue weighted by Gasteiger charge is -2.15. The smallest absolute Gasteiger partial charge is 0.206 e. The molecule has 1 aromatic heterocycles. The van der Waals surface area contributed by atoms with E-state index in [-0.39, 0.29) is 6.04 Å². The Balaban J connectivity index is 2.21. The lowest BCUT2D eigenvalue weighted by atomic mass is 10.0. The van der Waals surface area contributed by atoms with Crippen LogP contribution in [-0.2, 0) is 10.0 Å². The van der Waals surface area contributed by atoms with Crippen molar-refractivity contribution in [1.29, 1.82) is 0 Å². The van der Waals surface area contributed by atoms with Crippen LogP contribution in [0.3, 0.4) is 0 Å². The van der Waals surface area contributed by atoms with E-state index < -0.39 is 10.0 Å². The molecule has 3 nitrogen and oxygen atoms in total. The van der Waals surface area contributed by atoms with Crippen molar-refractivity contribution in [2.45, 2.75) is 31.0 Å². The van der Waals surface area contributed by atoms with Crippen molar-refractivity contribution in [2.24, 2.45) is 0 Å². The Hall–Kier alpha value is -1.17. The van der Waals surface area contributed by atoms with Crippen molar-refractivity contribution in [3.05, 3.63) is 52.4 Å². The minimum absolute atomic E-state index is 0.244. The molecule has 19 heavy (non-hydrogen) atoms. The summed E-state index contributed by atoms with van der Waals surface area (Å²) in [7, 11) is -3.42. The molecule has 1 aromatic carbocycles. The van der Waals surface area contributed by atoms with E-state index in [4.69, 9.17) is 0 Å². The minimum atomic E-state index is -3.42. The van der Waals surface area contributed by atoms with Crippen LogP contribution in [0.5, 0.6) is 0 Å². The van der Waals surface area contributed by atoms with Gasteiger partial charge in [0.05, 0.1) is 0 Å². The predicted octanol–water partition coefficient (Wildman–Crippen LogP) is 3.40. The lowest BCUT2D eigenvalue weighted by Crippen LogP contribution is -2.26. The highest BCUT2D eigenvalue weighted by molar-refractivity contribution is 7.91. The summed E-state index contributed by atoms with van der Waals surface area (Å²) in [6.45, 7) is 5.92.